The molecule has 0 spiro atoms. The molecule has 0 atom stereocenters. The lowest BCUT2D eigenvalue weighted by molar-refractivity contribution is -0.888. The topological polar surface area (TPSA) is 3.24 Å². The first kappa shape index (κ1) is 16.4. The summed E-state index contributed by atoms with van der Waals surface area (Å²) < 4.78 is 1.14. The summed E-state index contributed by atoms with van der Waals surface area (Å²) in [4.78, 5) is 2.48. The van der Waals surface area contributed by atoms with E-state index in [1.54, 1.807) is 0 Å². The van der Waals surface area contributed by atoms with Crippen LogP contribution in [0.2, 0.25) is 0 Å². The fourth-order valence-corrected chi connectivity index (χ4v) is 1.11. The van der Waals surface area contributed by atoms with Gasteiger partial charge >= 0.3 is 0 Å². The molecule has 0 N–H and O–H groups in total. The lowest BCUT2D eigenvalue weighted by Crippen LogP contribution is -2.45. The second-order valence-electron chi connectivity index (χ2n) is 4.00. The van der Waals surface area contributed by atoms with Gasteiger partial charge in [0.05, 0.1) is 27.2 Å². The van der Waals surface area contributed by atoms with Crippen molar-refractivity contribution < 1.29 is 4.48 Å². The molecule has 0 radical (unpaired) electrons. The van der Waals surface area contributed by atoms with Gasteiger partial charge in [0.25, 0.3) is 0 Å². The normalized spacial score (nSPS) is 11.1. The maximum atomic E-state index is 2.48. The molecule has 88 valence electrons. The Morgan fingerprint density at radius 1 is 0.929 bits per heavy atom. The van der Waals surface area contributed by atoms with Crippen molar-refractivity contribution in [3.05, 3.63) is 0 Å². The van der Waals surface area contributed by atoms with Crippen LogP contribution in [-0.4, -0.2) is 56.2 Å². The highest BCUT2D eigenvalue weighted by atomic mass is 15.3. The van der Waals surface area contributed by atoms with Gasteiger partial charge in [-0.3, -0.25) is 4.90 Å². The van der Waals surface area contributed by atoms with Crippen LogP contribution in [0.1, 0.15) is 34.6 Å². The fraction of sp³-hybridized carbons (Fsp3) is 1.00. The smallest absolute Gasteiger partial charge is 0.0911 e. The quantitative estimate of drug-likeness (QED) is 0.599. The summed E-state index contributed by atoms with van der Waals surface area (Å²) in [7, 11) is 4.59. The number of rotatable bonds is 6. The summed E-state index contributed by atoms with van der Waals surface area (Å²) in [5.41, 5.74) is 0. The standard InChI is InChI=1S/C10H25N2.C2H6/c1-6-11(7-2)9-10-12(4,5)8-3;1-2/h6-10H2,1-5H3;1-2H3/q+1;. The Hall–Kier alpha value is -0.0800. The second kappa shape index (κ2) is 9.47. The van der Waals surface area contributed by atoms with Gasteiger partial charge in [-0.15, -0.1) is 0 Å². The highest BCUT2D eigenvalue weighted by Gasteiger charge is 2.12. The average Bonchev–Trinajstić information content (AvgIpc) is 2.22. The highest BCUT2D eigenvalue weighted by molar-refractivity contribution is 4.50. The van der Waals surface area contributed by atoms with Gasteiger partial charge in [-0.2, -0.15) is 0 Å². The van der Waals surface area contributed by atoms with Crippen molar-refractivity contribution in [1.29, 1.82) is 0 Å². The minimum absolute atomic E-state index is 1.14. The largest absolute Gasteiger partial charge is 0.328 e. The van der Waals surface area contributed by atoms with Gasteiger partial charge in [-0.25, -0.2) is 0 Å². The van der Waals surface area contributed by atoms with Crippen LogP contribution in [0.25, 0.3) is 0 Å². The second-order valence-corrected chi connectivity index (χ2v) is 4.00. The van der Waals surface area contributed by atoms with E-state index in [2.05, 4.69) is 39.8 Å². The zero-order valence-electron chi connectivity index (χ0n) is 11.4. The van der Waals surface area contributed by atoms with E-state index in [0.717, 1.165) is 4.48 Å². The van der Waals surface area contributed by atoms with Crippen molar-refractivity contribution in [2.45, 2.75) is 34.6 Å². The Kier molecular flexibility index (Phi) is 11.1. The van der Waals surface area contributed by atoms with Crippen LogP contribution in [0.15, 0.2) is 0 Å². The number of hydrogen-bond donors (Lipinski definition) is 0. The molecule has 0 aliphatic rings. The van der Waals surface area contributed by atoms with Gasteiger partial charge in [-0.1, -0.05) is 27.7 Å². The van der Waals surface area contributed by atoms with Gasteiger partial charge in [-0.05, 0) is 20.0 Å². The van der Waals surface area contributed by atoms with Gasteiger partial charge in [0.15, 0.2) is 0 Å². The van der Waals surface area contributed by atoms with Crippen LogP contribution in [0, 0.1) is 0 Å². The van der Waals surface area contributed by atoms with E-state index in [1.807, 2.05) is 13.8 Å². The van der Waals surface area contributed by atoms with E-state index >= 15 is 0 Å². The molecule has 0 bridgehead atoms. The Morgan fingerprint density at radius 3 is 1.64 bits per heavy atom. The van der Waals surface area contributed by atoms with Crippen LogP contribution in [0.3, 0.4) is 0 Å². The Balaban J connectivity index is 0. The molecule has 2 heteroatoms. The first-order valence-electron chi connectivity index (χ1n) is 6.10. The van der Waals surface area contributed by atoms with E-state index in [4.69, 9.17) is 0 Å². The number of nitrogens with zero attached hydrogens (tertiary/aromatic N) is 2. The molecule has 0 saturated carbocycles. The van der Waals surface area contributed by atoms with Crippen LogP contribution >= 0.6 is 0 Å². The van der Waals surface area contributed by atoms with Gasteiger partial charge in [0.2, 0.25) is 0 Å². The van der Waals surface area contributed by atoms with Crippen molar-refractivity contribution in [3.8, 4) is 0 Å². The lowest BCUT2D eigenvalue weighted by Gasteiger charge is -2.30. The lowest BCUT2D eigenvalue weighted by atomic mass is 10.4. The van der Waals surface area contributed by atoms with Gasteiger partial charge in [0, 0.05) is 6.54 Å². The number of likely N-dealkylation sites (N-methyl/N-ethyl adjacent to an activating group) is 2. The Bertz CT molecular complexity index is 107. The first-order valence-corrected chi connectivity index (χ1v) is 6.10. The molecule has 0 saturated heterocycles. The third-order valence-electron chi connectivity index (χ3n) is 2.77. The van der Waals surface area contributed by atoms with E-state index in [1.165, 1.54) is 32.7 Å². The summed E-state index contributed by atoms with van der Waals surface area (Å²) in [6, 6.07) is 0. The molecule has 0 aliphatic heterocycles. The molecule has 0 heterocycles. The fourth-order valence-electron chi connectivity index (χ4n) is 1.11. The van der Waals surface area contributed by atoms with E-state index in [-0.39, 0.29) is 0 Å². The SMILES string of the molecule is CC.CCN(CC)CC[N+](C)(C)CC. The third kappa shape index (κ3) is 8.52. The van der Waals surface area contributed by atoms with Crippen LogP contribution in [0.4, 0.5) is 0 Å². The average molecular weight is 203 g/mol. The summed E-state index contributed by atoms with van der Waals surface area (Å²) >= 11 is 0. The summed E-state index contributed by atoms with van der Waals surface area (Å²) in [5, 5.41) is 0. The molecule has 0 amide bonds. The summed E-state index contributed by atoms with van der Waals surface area (Å²) in [6.07, 6.45) is 0. The van der Waals surface area contributed by atoms with Crippen molar-refractivity contribution >= 4 is 0 Å². The van der Waals surface area contributed by atoms with Crippen LogP contribution < -0.4 is 0 Å². The van der Waals surface area contributed by atoms with Crippen molar-refractivity contribution in [2.75, 3.05) is 46.8 Å². The maximum absolute atomic E-state index is 2.48. The molecule has 0 rings (SSSR count). The first-order chi connectivity index (χ1) is 6.55. The highest BCUT2D eigenvalue weighted by Crippen LogP contribution is 1.97. The molecular weight excluding hydrogens is 172 g/mol. The number of quaternary nitrogens is 1. The zero-order valence-corrected chi connectivity index (χ0v) is 11.4. The molecule has 14 heavy (non-hydrogen) atoms. The minimum Gasteiger partial charge on any atom is -0.328 e. The number of hydrogen-bond acceptors (Lipinski definition) is 1. The molecule has 0 aromatic carbocycles. The predicted octanol–water partition coefficient (Wildman–Crippen LogP) is 2.45. The monoisotopic (exact) mass is 203 g/mol. The van der Waals surface area contributed by atoms with E-state index in [0.29, 0.717) is 0 Å². The van der Waals surface area contributed by atoms with E-state index < -0.39 is 0 Å². The molecule has 0 fully saturated rings. The third-order valence-corrected chi connectivity index (χ3v) is 2.77. The maximum Gasteiger partial charge on any atom is 0.0911 e. The van der Waals surface area contributed by atoms with Crippen molar-refractivity contribution in [3.63, 3.8) is 0 Å². The molecule has 0 aromatic rings. The zero-order chi connectivity index (χ0) is 11.6. The van der Waals surface area contributed by atoms with E-state index in [9.17, 15) is 0 Å². The summed E-state index contributed by atoms with van der Waals surface area (Å²) in [5.74, 6) is 0. The molecule has 0 aliphatic carbocycles. The molecule has 2 nitrogen and oxygen atoms in total. The van der Waals surface area contributed by atoms with Crippen LogP contribution in [-0.2, 0) is 0 Å². The molecule has 0 unspecified atom stereocenters. The Labute approximate surface area is 91.5 Å². The molecular formula is C12H31N2+. The summed E-state index contributed by atoms with van der Waals surface area (Å²) in [6.45, 7) is 16.8. The predicted molar refractivity (Wildman–Crippen MR) is 66.7 cm³/mol. The van der Waals surface area contributed by atoms with Gasteiger partial charge in [0.1, 0.15) is 0 Å². The van der Waals surface area contributed by atoms with Crippen LogP contribution in [0.5, 0.6) is 0 Å². The van der Waals surface area contributed by atoms with Gasteiger partial charge < -0.3 is 4.48 Å². The Morgan fingerprint density at radius 2 is 1.36 bits per heavy atom. The molecule has 0 aromatic heterocycles. The van der Waals surface area contributed by atoms with Crippen molar-refractivity contribution in [2.24, 2.45) is 0 Å². The minimum atomic E-state index is 1.14. The van der Waals surface area contributed by atoms with Crippen molar-refractivity contribution in [1.82, 2.24) is 4.90 Å².